The van der Waals surface area contributed by atoms with Gasteiger partial charge in [0.15, 0.2) is 5.75 Å². The van der Waals surface area contributed by atoms with Gasteiger partial charge in [0.2, 0.25) is 5.13 Å². The van der Waals surface area contributed by atoms with Gasteiger partial charge in [-0.1, -0.05) is 5.10 Å². The first-order valence-corrected chi connectivity index (χ1v) is 8.95. The van der Waals surface area contributed by atoms with Crippen molar-refractivity contribution in [1.29, 1.82) is 0 Å². The van der Waals surface area contributed by atoms with Crippen LogP contribution in [-0.2, 0) is 6.61 Å². The summed E-state index contributed by atoms with van der Waals surface area (Å²) < 4.78 is 16.5. The molecule has 0 saturated heterocycles. The Balaban J connectivity index is 1.35. The van der Waals surface area contributed by atoms with E-state index >= 15 is 0 Å². The van der Waals surface area contributed by atoms with Crippen LogP contribution in [-0.4, -0.2) is 39.3 Å². The Morgan fingerprint density at radius 3 is 2.96 bits per heavy atom. The third-order valence-corrected chi connectivity index (χ3v) is 4.36. The Kier molecular flexibility index (Phi) is 4.79. The lowest BCUT2D eigenvalue weighted by atomic mass is 10.2. The maximum Gasteiger partial charge on any atom is 0.296 e. The number of hydrogen-bond acceptors (Lipinski definition) is 9. The summed E-state index contributed by atoms with van der Waals surface area (Å²) in [6, 6.07) is 7.05. The fourth-order valence-corrected chi connectivity index (χ4v) is 2.87. The number of ether oxygens (including phenoxy) is 3. The van der Waals surface area contributed by atoms with Crippen LogP contribution in [0.4, 0.5) is 5.13 Å². The monoisotopic (exact) mass is 385 g/mol. The average Bonchev–Trinajstić information content (AvgIpc) is 3.14. The molecule has 3 aromatic heterocycles. The minimum absolute atomic E-state index is 0.196. The number of hydrogen-bond donors (Lipinski definition) is 1. The summed E-state index contributed by atoms with van der Waals surface area (Å²) in [5.74, 6) is 0.773. The van der Waals surface area contributed by atoms with Crippen LogP contribution in [0.1, 0.15) is 21.7 Å². The molecule has 1 N–H and O–H groups in total. The summed E-state index contributed by atoms with van der Waals surface area (Å²) in [7, 11) is 0. The molecule has 0 fully saturated rings. The molecule has 0 saturated carbocycles. The van der Waals surface area contributed by atoms with Crippen molar-refractivity contribution in [1.82, 2.24) is 20.2 Å². The lowest BCUT2D eigenvalue weighted by Crippen LogP contribution is -2.17. The van der Waals surface area contributed by atoms with Crippen molar-refractivity contribution in [2.24, 2.45) is 0 Å². The van der Waals surface area contributed by atoms with Crippen LogP contribution in [0.2, 0.25) is 0 Å². The molecule has 9 nitrogen and oxygen atoms in total. The normalized spacial score (nSPS) is 12.5. The van der Waals surface area contributed by atoms with Crippen molar-refractivity contribution in [2.45, 2.75) is 13.5 Å². The minimum Gasteiger partial charge on any atom is -0.484 e. The number of anilines is 1. The quantitative estimate of drug-likeness (QED) is 0.712. The number of aryl methyl sites for hydroxylation is 1. The zero-order valence-electron chi connectivity index (χ0n) is 14.3. The van der Waals surface area contributed by atoms with E-state index in [0.717, 1.165) is 17.0 Å². The Labute approximate surface area is 158 Å². The van der Waals surface area contributed by atoms with Crippen LogP contribution >= 0.6 is 11.3 Å². The molecule has 0 aliphatic carbocycles. The van der Waals surface area contributed by atoms with E-state index in [1.807, 2.05) is 6.92 Å². The molecule has 0 bridgehead atoms. The van der Waals surface area contributed by atoms with Crippen LogP contribution in [0.3, 0.4) is 0 Å². The lowest BCUT2D eigenvalue weighted by molar-refractivity contribution is 0.102. The summed E-state index contributed by atoms with van der Waals surface area (Å²) in [6.07, 6.45) is 1.51. The van der Waals surface area contributed by atoms with E-state index in [-0.39, 0.29) is 12.5 Å². The smallest absolute Gasteiger partial charge is 0.296 e. The number of fused-ring (bicyclic) bond motifs is 1. The standard InChI is InChI=1S/C17H15N5O4S/c1-10-2-3-11(8-18-10)14(23)20-16-21-22-17(27-16)26-9-12-4-5-13-15(19-12)25-7-6-24-13/h2-5,8H,6-7,9H2,1H3,(H,20,21,23). The van der Waals surface area contributed by atoms with Crippen molar-refractivity contribution in [3.8, 4) is 16.8 Å². The van der Waals surface area contributed by atoms with E-state index in [2.05, 4.69) is 25.5 Å². The molecule has 0 unspecified atom stereocenters. The van der Waals surface area contributed by atoms with Crippen LogP contribution in [0.25, 0.3) is 0 Å². The van der Waals surface area contributed by atoms with E-state index < -0.39 is 0 Å². The van der Waals surface area contributed by atoms with Crippen molar-refractivity contribution >= 4 is 22.4 Å². The molecule has 3 aromatic rings. The van der Waals surface area contributed by atoms with Crippen molar-refractivity contribution < 1.29 is 19.0 Å². The van der Waals surface area contributed by atoms with Crippen molar-refractivity contribution in [3.63, 3.8) is 0 Å². The van der Waals surface area contributed by atoms with Gasteiger partial charge in [-0.2, -0.15) is 0 Å². The highest BCUT2D eigenvalue weighted by Crippen LogP contribution is 2.28. The largest absolute Gasteiger partial charge is 0.484 e. The van der Waals surface area contributed by atoms with Crippen LogP contribution < -0.4 is 19.5 Å². The fourth-order valence-electron chi connectivity index (χ4n) is 2.28. The molecule has 0 atom stereocenters. The molecule has 0 aromatic carbocycles. The van der Waals surface area contributed by atoms with Gasteiger partial charge in [-0.3, -0.25) is 15.1 Å². The summed E-state index contributed by atoms with van der Waals surface area (Å²) in [5.41, 5.74) is 1.95. The third-order valence-electron chi connectivity index (χ3n) is 3.61. The van der Waals surface area contributed by atoms with Gasteiger partial charge < -0.3 is 14.2 Å². The van der Waals surface area contributed by atoms with Crippen LogP contribution in [0.5, 0.6) is 16.8 Å². The average molecular weight is 385 g/mol. The maximum absolute atomic E-state index is 12.2. The van der Waals surface area contributed by atoms with Crippen LogP contribution in [0.15, 0.2) is 30.5 Å². The van der Waals surface area contributed by atoms with E-state index in [1.165, 1.54) is 6.20 Å². The highest BCUT2D eigenvalue weighted by molar-refractivity contribution is 7.17. The Morgan fingerprint density at radius 2 is 2.11 bits per heavy atom. The third kappa shape index (κ3) is 4.11. The fraction of sp³-hybridized carbons (Fsp3) is 0.235. The van der Waals surface area contributed by atoms with E-state index in [9.17, 15) is 4.79 Å². The van der Waals surface area contributed by atoms with Gasteiger partial charge >= 0.3 is 0 Å². The number of aromatic nitrogens is 4. The Bertz CT molecular complexity index is 960. The predicted molar refractivity (Wildman–Crippen MR) is 96.4 cm³/mol. The molecule has 4 rings (SSSR count). The minimum atomic E-state index is -0.307. The Morgan fingerprint density at radius 1 is 1.22 bits per heavy atom. The summed E-state index contributed by atoms with van der Waals surface area (Å²) in [6.45, 7) is 3.04. The van der Waals surface area contributed by atoms with Gasteiger partial charge in [-0.05, 0) is 42.5 Å². The Hall–Kier alpha value is -3.27. The van der Waals surface area contributed by atoms with Gasteiger partial charge in [0, 0.05) is 11.9 Å². The highest BCUT2D eigenvalue weighted by atomic mass is 32.1. The molecule has 0 radical (unpaired) electrons. The first-order chi connectivity index (χ1) is 13.2. The van der Waals surface area contributed by atoms with E-state index in [1.54, 1.807) is 24.3 Å². The number of pyridine rings is 2. The predicted octanol–water partition coefficient (Wildman–Crippen LogP) is 2.24. The SMILES string of the molecule is Cc1ccc(C(=O)Nc2nnc(OCc3ccc4c(n3)OCCO4)s2)cn1. The molecule has 4 heterocycles. The number of carbonyl (C=O) groups is 1. The maximum atomic E-state index is 12.2. The second-order valence-electron chi connectivity index (χ2n) is 5.61. The van der Waals surface area contributed by atoms with Gasteiger partial charge in [0.1, 0.15) is 19.8 Å². The van der Waals surface area contributed by atoms with Gasteiger partial charge in [-0.25, -0.2) is 4.98 Å². The van der Waals surface area contributed by atoms with Crippen LogP contribution in [0, 0.1) is 6.92 Å². The van der Waals surface area contributed by atoms with E-state index in [0.29, 0.717) is 46.4 Å². The molecule has 10 heteroatoms. The zero-order chi connectivity index (χ0) is 18.6. The number of amides is 1. The van der Waals surface area contributed by atoms with E-state index in [4.69, 9.17) is 14.2 Å². The summed E-state index contributed by atoms with van der Waals surface area (Å²) in [4.78, 5) is 20.6. The number of nitrogens with one attached hydrogen (secondary N) is 1. The molecular formula is C17H15N5O4S. The molecular weight excluding hydrogens is 370 g/mol. The van der Waals surface area contributed by atoms with Gasteiger partial charge in [0.25, 0.3) is 17.0 Å². The molecule has 1 aliphatic rings. The number of nitrogens with zero attached hydrogens (tertiary/aromatic N) is 4. The molecule has 0 spiro atoms. The highest BCUT2D eigenvalue weighted by Gasteiger charge is 2.15. The molecule has 1 amide bonds. The summed E-state index contributed by atoms with van der Waals surface area (Å²) in [5, 5.41) is 11.2. The molecule has 1 aliphatic heterocycles. The second kappa shape index (κ2) is 7.54. The second-order valence-corrected chi connectivity index (χ2v) is 6.55. The zero-order valence-corrected chi connectivity index (χ0v) is 15.2. The topological polar surface area (TPSA) is 108 Å². The first-order valence-electron chi connectivity index (χ1n) is 8.13. The molecule has 138 valence electrons. The lowest BCUT2D eigenvalue weighted by Gasteiger charge is -2.17. The van der Waals surface area contributed by atoms with Crippen molar-refractivity contribution in [2.75, 3.05) is 18.5 Å². The van der Waals surface area contributed by atoms with Gasteiger partial charge in [-0.15, -0.1) is 5.10 Å². The number of carbonyl (C=O) groups excluding carboxylic acids is 1. The number of rotatable bonds is 5. The summed E-state index contributed by atoms with van der Waals surface area (Å²) >= 11 is 1.13. The first kappa shape index (κ1) is 17.2. The van der Waals surface area contributed by atoms with Crippen molar-refractivity contribution in [3.05, 3.63) is 47.4 Å². The van der Waals surface area contributed by atoms with Gasteiger partial charge in [0.05, 0.1) is 11.3 Å². The molecule has 27 heavy (non-hydrogen) atoms.